The first kappa shape index (κ1) is 33.4. The molecule has 4 N–H and O–H groups in total. The number of likely N-dealkylation sites (tertiary alicyclic amines) is 1. The second-order valence-electron chi connectivity index (χ2n) is 11.9. The highest BCUT2D eigenvalue weighted by atomic mass is 19.3. The van der Waals surface area contributed by atoms with E-state index in [0.29, 0.717) is 48.1 Å². The van der Waals surface area contributed by atoms with Gasteiger partial charge in [-0.3, -0.25) is 14.4 Å². The van der Waals surface area contributed by atoms with Crippen LogP contribution in [0, 0.1) is 30.2 Å². The van der Waals surface area contributed by atoms with E-state index >= 15 is 0 Å². The van der Waals surface area contributed by atoms with E-state index in [9.17, 15) is 33.1 Å². The van der Waals surface area contributed by atoms with Crippen molar-refractivity contribution in [3.05, 3.63) is 34.9 Å². The van der Waals surface area contributed by atoms with Gasteiger partial charge in [-0.25, -0.2) is 23.4 Å². The van der Waals surface area contributed by atoms with Gasteiger partial charge < -0.3 is 25.6 Å². The van der Waals surface area contributed by atoms with Crippen molar-refractivity contribution in [3.63, 3.8) is 0 Å². The van der Waals surface area contributed by atoms with Gasteiger partial charge in [0.05, 0.1) is 18.1 Å². The number of alkyl halides is 2. The molecule has 13 heteroatoms. The molecule has 3 heterocycles. The van der Waals surface area contributed by atoms with Crippen LogP contribution in [-0.4, -0.2) is 68.3 Å². The molecule has 2 aromatic heterocycles. The van der Waals surface area contributed by atoms with E-state index in [-0.39, 0.29) is 44.1 Å². The van der Waals surface area contributed by atoms with Crippen molar-refractivity contribution >= 4 is 40.4 Å². The summed E-state index contributed by atoms with van der Waals surface area (Å²) >= 11 is 0. The third-order valence-corrected chi connectivity index (χ3v) is 8.48. The monoisotopic (exact) mass is 624 g/mol. The third-order valence-electron chi connectivity index (χ3n) is 8.48. The summed E-state index contributed by atoms with van der Waals surface area (Å²) in [4.78, 5) is 59.0. The lowest BCUT2D eigenvalue weighted by Crippen LogP contribution is -2.44. The standard InChI is InChI=1S/C32H38F2N6O5/c1-36-22-15-23-27(30(43)40-14-13-21(19-40)29(42)38-24(31(44)45)11-12-26(35)41)25(39(2)28(23)37-18-22)10-8-6-4-3-5-7-9-20-16-32(33,34)17-20/h15,18,20-21,24H,3-6,8,10-14,16-17,19H2,2H3,(H2,35,41)(H,38,42)(H,44,45)/t21-,24-/m0/s1. The van der Waals surface area contributed by atoms with Crippen molar-refractivity contribution < 1.29 is 33.1 Å². The third kappa shape index (κ3) is 8.35. The Hall–Kier alpha value is -4.52. The zero-order chi connectivity index (χ0) is 32.7. The molecule has 1 aliphatic heterocycles. The number of aliphatic carboxylic acids is 1. The maximum atomic E-state index is 14.0. The summed E-state index contributed by atoms with van der Waals surface area (Å²) in [6.45, 7) is 7.81. The Labute approximate surface area is 260 Å². The Balaban J connectivity index is 1.40. The van der Waals surface area contributed by atoms with Gasteiger partial charge in [-0.1, -0.05) is 18.8 Å². The fraction of sp³-hybridized carbons (Fsp3) is 0.562. The number of aromatic nitrogens is 2. The van der Waals surface area contributed by atoms with Crippen LogP contribution in [0.5, 0.6) is 0 Å². The van der Waals surface area contributed by atoms with E-state index in [1.807, 2.05) is 11.6 Å². The summed E-state index contributed by atoms with van der Waals surface area (Å²) in [5.41, 5.74) is 7.22. The predicted molar refractivity (Wildman–Crippen MR) is 161 cm³/mol. The van der Waals surface area contributed by atoms with E-state index in [4.69, 9.17) is 12.3 Å². The van der Waals surface area contributed by atoms with Crippen LogP contribution in [-0.2, 0) is 27.9 Å². The van der Waals surface area contributed by atoms with E-state index in [1.54, 1.807) is 11.0 Å². The van der Waals surface area contributed by atoms with Crippen LogP contribution in [0.3, 0.4) is 0 Å². The van der Waals surface area contributed by atoms with Crippen molar-refractivity contribution in [3.8, 4) is 11.8 Å². The molecule has 1 aliphatic carbocycles. The molecule has 45 heavy (non-hydrogen) atoms. The number of pyridine rings is 1. The molecular weight excluding hydrogens is 586 g/mol. The molecule has 2 aliphatic rings. The fourth-order valence-electron chi connectivity index (χ4n) is 5.93. The maximum Gasteiger partial charge on any atom is 0.326 e. The Morgan fingerprint density at radius 1 is 1.24 bits per heavy atom. The average molecular weight is 625 g/mol. The highest BCUT2D eigenvalue weighted by Gasteiger charge is 2.44. The van der Waals surface area contributed by atoms with Gasteiger partial charge in [-0.05, 0) is 38.2 Å². The van der Waals surface area contributed by atoms with Crippen LogP contribution in [0.25, 0.3) is 15.9 Å². The first-order chi connectivity index (χ1) is 21.4. The summed E-state index contributed by atoms with van der Waals surface area (Å²) in [6.07, 6.45) is 5.88. The van der Waals surface area contributed by atoms with E-state index in [0.717, 1.165) is 31.4 Å². The van der Waals surface area contributed by atoms with Crippen molar-refractivity contribution in [2.45, 2.75) is 82.6 Å². The lowest BCUT2D eigenvalue weighted by atomic mass is 9.82. The molecule has 0 bridgehead atoms. The minimum atomic E-state index is -2.56. The summed E-state index contributed by atoms with van der Waals surface area (Å²) in [5.74, 6) is -0.153. The smallest absolute Gasteiger partial charge is 0.326 e. The molecule has 4 rings (SSSR count). The molecule has 2 atom stereocenters. The van der Waals surface area contributed by atoms with Crippen LogP contribution in [0.2, 0.25) is 0 Å². The number of nitrogens with zero attached hydrogens (tertiary/aromatic N) is 4. The van der Waals surface area contributed by atoms with Gasteiger partial charge in [0, 0.05) is 69.0 Å². The number of carboxylic acid groups (broad SMARTS) is 1. The second-order valence-corrected chi connectivity index (χ2v) is 11.9. The van der Waals surface area contributed by atoms with Gasteiger partial charge in [-0.15, -0.1) is 5.92 Å². The minimum absolute atomic E-state index is 0.0954. The molecule has 3 amide bonds. The first-order valence-corrected chi connectivity index (χ1v) is 15.2. The van der Waals surface area contributed by atoms with Crippen LogP contribution >= 0.6 is 0 Å². The average Bonchev–Trinajstić information content (AvgIpc) is 3.58. The molecule has 0 unspecified atom stereocenters. The van der Waals surface area contributed by atoms with Crippen LogP contribution in [0.1, 0.15) is 80.3 Å². The number of nitrogens with one attached hydrogen (secondary N) is 1. The lowest BCUT2D eigenvalue weighted by Gasteiger charge is -2.31. The molecule has 11 nitrogen and oxygen atoms in total. The van der Waals surface area contributed by atoms with Crippen molar-refractivity contribution in [1.82, 2.24) is 19.8 Å². The number of primary amides is 1. The number of carboxylic acids is 1. The largest absolute Gasteiger partial charge is 0.480 e. The van der Waals surface area contributed by atoms with Gasteiger partial charge in [0.15, 0.2) is 0 Å². The van der Waals surface area contributed by atoms with E-state index in [2.05, 4.69) is 27.0 Å². The Kier molecular flexibility index (Phi) is 10.8. The zero-order valence-corrected chi connectivity index (χ0v) is 25.3. The number of carbonyl (C=O) groups is 4. The number of hydrogen-bond donors (Lipinski definition) is 3. The summed E-state index contributed by atoms with van der Waals surface area (Å²) < 4.78 is 27.8. The molecule has 240 valence electrons. The Morgan fingerprint density at radius 2 is 1.98 bits per heavy atom. The number of aryl methyl sites for hydroxylation is 1. The second kappa shape index (κ2) is 14.5. The van der Waals surface area contributed by atoms with Crippen LogP contribution < -0.4 is 11.1 Å². The van der Waals surface area contributed by atoms with Gasteiger partial charge >= 0.3 is 5.97 Å². The first-order valence-electron chi connectivity index (χ1n) is 15.2. The number of halogens is 2. The lowest BCUT2D eigenvalue weighted by molar-refractivity contribution is -0.142. The zero-order valence-electron chi connectivity index (χ0n) is 25.3. The minimum Gasteiger partial charge on any atom is -0.480 e. The molecule has 0 aromatic carbocycles. The number of fused-ring (bicyclic) bond motifs is 1. The highest BCUT2D eigenvalue weighted by Crippen LogP contribution is 2.41. The van der Waals surface area contributed by atoms with E-state index < -0.39 is 35.7 Å². The number of rotatable bonds is 13. The van der Waals surface area contributed by atoms with Crippen LogP contribution in [0.4, 0.5) is 14.5 Å². The maximum absolute atomic E-state index is 14.0. The number of carbonyl (C=O) groups excluding carboxylic acids is 3. The summed E-state index contributed by atoms with van der Waals surface area (Å²) in [6, 6.07) is 0.388. The highest BCUT2D eigenvalue weighted by molar-refractivity contribution is 6.08. The Morgan fingerprint density at radius 3 is 2.64 bits per heavy atom. The molecule has 1 saturated heterocycles. The number of unbranched alkanes of at least 4 members (excludes halogenated alkanes) is 4. The predicted octanol–water partition coefficient (Wildman–Crippen LogP) is 3.96. The van der Waals surface area contributed by atoms with E-state index in [1.165, 1.54) is 6.20 Å². The van der Waals surface area contributed by atoms with Gasteiger partial charge in [0.2, 0.25) is 17.5 Å². The number of nitrogens with two attached hydrogens (primary N) is 1. The molecule has 0 spiro atoms. The van der Waals surface area contributed by atoms with Gasteiger partial charge in [0.25, 0.3) is 11.8 Å². The van der Waals surface area contributed by atoms with Crippen LogP contribution in [0.15, 0.2) is 12.3 Å². The quantitative estimate of drug-likeness (QED) is 0.174. The SMILES string of the molecule is [C-]#[N+]c1cnc2c(c1)c(C(=O)N1CC[C@H](C(=O)N[C@@H](CCC(N)=O)C(=O)O)C1)c(CCCCCCC#CC1CC(F)(F)C1)n2C. The van der Waals surface area contributed by atoms with Crippen molar-refractivity contribution in [2.75, 3.05) is 13.1 Å². The van der Waals surface area contributed by atoms with Crippen molar-refractivity contribution in [1.29, 1.82) is 0 Å². The topological polar surface area (TPSA) is 152 Å². The van der Waals surface area contributed by atoms with Gasteiger partial charge in [-0.2, -0.15) is 0 Å². The molecular formula is C32H38F2N6O5. The Bertz CT molecular complexity index is 1560. The van der Waals surface area contributed by atoms with Crippen molar-refractivity contribution in [2.24, 2.45) is 24.6 Å². The fourth-order valence-corrected chi connectivity index (χ4v) is 5.93. The molecule has 2 fully saturated rings. The number of hydrogen-bond acceptors (Lipinski definition) is 5. The molecule has 2 aromatic rings. The molecule has 0 radical (unpaired) electrons. The summed E-state index contributed by atoms with van der Waals surface area (Å²) in [7, 11) is 1.83. The normalized spacial score (nSPS) is 18.0. The molecule has 1 saturated carbocycles. The van der Waals surface area contributed by atoms with Gasteiger partial charge in [0.1, 0.15) is 11.7 Å². The number of amides is 3. The summed E-state index contributed by atoms with van der Waals surface area (Å²) in [5, 5.41) is 12.5.